The summed E-state index contributed by atoms with van der Waals surface area (Å²) in [5, 5.41) is 4.42. The zero-order valence-electron chi connectivity index (χ0n) is 31.7. The molecular formula is C52H45NOSi. The summed E-state index contributed by atoms with van der Waals surface area (Å²) in [7, 11) is -0.791. The standard InChI is InChI=1S/C52H45NOSi/c1-52(2)48-34-37(36-24-32-51-47(33-36)46-21-13-14-22-50(46)53(51)38-25-27-39(54-3)28-26-38)23-30-44(48)45-31-29-43(35-49(45)52)55(40-15-7-4-8-16-40,41-17-9-5-10-18-41)42-19-11-6-12-20-42/h4-19,21-35,42,46,50H,20H2,1-3H3. The van der Waals surface area contributed by atoms with E-state index in [2.05, 4.69) is 207 Å². The average Bonchev–Trinajstić information content (AvgIpc) is 3.70. The number of hydrogen-bond donors (Lipinski definition) is 0. The second-order valence-electron chi connectivity index (χ2n) is 16.0. The third-order valence-corrected chi connectivity index (χ3v) is 18.1. The zero-order valence-corrected chi connectivity index (χ0v) is 32.7. The van der Waals surface area contributed by atoms with E-state index < -0.39 is 8.07 Å². The van der Waals surface area contributed by atoms with Crippen LogP contribution in [0.2, 0.25) is 5.54 Å². The Morgan fingerprint density at radius 3 is 1.93 bits per heavy atom. The molecule has 3 heteroatoms. The lowest BCUT2D eigenvalue weighted by Gasteiger charge is -2.40. The van der Waals surface area contributed by atoms with Crippen LogP contribution in [0.5, 0.6) is 5.75 Å². The van der Waals surface area contributed by atoms with Gasteiger partial charge in [-0.15, -0.1) is 0 Å². The first kappa shape index (κ1) is 33.6. The fraction of sp³-hybridized carbons (Fsp3) is 0.154. The maximum Gasteiger partial charge on any atom is 0.155 e. The summed E-state index contributed by atoms with van der Waals surface area (Å²) >= 11 is 0. The molecule has 0 spiro atoms. The van der Waals surface area contributed by atoms with Crippen molar-refractivity contribution in [1.82, 2.24) is 0 Å². The lowest BCUT2D eigenvalue weighted by atomic mass is 9.81. The Kier molecular flexibility index (Phi) is 8.04. The second-order valence-corrected chi connectivity index (χ2v) is 20.1. The smallest absolute Gasteiger partial charge is 0.155 e. The van der Waals surface area contributed by atoms with E-state index in [1.54, 1.807) is 7.11 Å². The van der Waals surface area contributed by atoms with E-state index in [0.717, 1.165) is 12.2 Å². The summed E-state index contributed by atoms with van der Waals surface area (Å²) in [6.07, 6.45) is 19.5. The van der Waals surface area contributed by atoms with Gasteiger partial charge in [-0.3, -0.25) is 0 Å². The van der Waals surface area contributed by atoms with Crippen LogP contribution in [-0.2, 0) is 5.41 Å². The molecule has 268 valence electrons. The number of fused-ring (bicyclic) bond motifs is 6. The number of benzene rings is 6. The van der Waals surface area contributed by atoms with Crippen LogP contribution >= 0.6 is 0 Å². The van der Waals surface area contributed by atoms with Gasteiger partial charge in [-0.05, 0) is 109 Å². The van der Waals surface area contributed by atoms with Crippen molar-refractivity contribution in [2.45, 2.75) is 43.2 Å². The van der Waals surface area contributed by atoms with Gasteiger partial charge >= 0.3 is 0 Å². The molecule has 6 aromatic carbocycles. The highest BCUT2D eigenvalue weighted by molar-refractivity contribution is 7.12. The van der Waals surface area contributed by atoms with E-state index >= 15 is 0 Å². The summed E-state index contributed by atoms with van der Waals surface area (Å²) in [4.78, 5) is 2.48. The minimum absolute atomic E-state index is 0.156. The highest BCUT2D eigenvalue weighted by Crippen LogP contribution is 2.52. The predicted molar refractivity (Wildman–Crippen MR) is 234 cm³/mol. The molecule has 3 atom stereocenters. The number of hydrogen-bond acceptors (Lipinski definition) is 2. The van der Waals surface area contributed by atoms with Crippen LogP contribution in [0.15, 0.2) is 188 Å². The van der Waals surface area contributed by atoms with Gasteiger partial charge in [0.15, 0.2) is 8.07 Å². The Balaban J connectivity index is 1.06. The molecule has 0 fully saturated rings. The van der Waals surface area contributed by atoms with Gasteiger partial charge in [0.2, 0.25) is 0 Å². The van der Waals surface area contributed by atoms with Gasteiger partial charge < -0.3 is 9.64 Å². The van der Waals surface area contributed by atoms with Crippen molar-refractivity contribution in [3.05, 3.63) is 205 Å². The van der Waals surface area contributed by atoms with Crippen LogP contribution < -0.4 is 25.2 Å². The van der Waals surface area contributed by atoms with Gasteiger partial charge in [0.05, 0.1) is 13.2 Å². The second kappa shape index (κ2) is 13.1. The highest BCUT2D eigenvalue weighted by atomic mass is 28.3. The Morgan fingerprint density at radius 1 is 0.600 bits per heavy atom. The SMILES string of the molecule is COc1ccc(N2c3ccc(-c4ccc5c(c4)C(C)(C)c4cc([Si](c6ccccc6)(c6ccccc6)C6C=CC=CC6)ccc4-5)cc3C3C=CC=CC32)cc1. The summed E-state index contributed by atoms with van der Waals surface area (Å²) in [5.41, 5.74) is 12.2. The molecule has 0 N–H and O–H groups in total. The van der Waals surface area contributed by atoms with E-state index in [0.29, 0.717) is 11.5 Å². The number of ether oxygens (including phenoxy) is 1. The number of allylic oxidation sites excluding steroid dienone is 6. The molecule has 4 aliphatic rings. The molecule has 10 rings (SSSR count). The summed E-state index contributed by atoms with van der Waals surface area (Å²) in [6, 6.07) is 53.3. The number of methoxy groups -OCH3 is 1. The van der Waals surface area contributed by atoms with Crippen molar-refractivity contribution in [2.75, 3.05) is 12.0 Å². The van der Waals surface area contributed by atoms with Gasteiger partial charge in [0.1, 0.15) is 5.75 Å². The topological polar surface area (TPSA) is 12.5 Å². The molecule has 6 aromatic rings. The van der Waals surface area contributed by atoms with Crippen LogP contribution in [0.1, 0.15) is 42.9 Å². The maximum atomic E-state index is 5.48. The lowest BCUT2D eigenvalue weighted by Crippen LogP contribution is -2.69. The first-order chi connectivity index (χ1) is 27.0. The molecule has 1 heterocycles. The largest absolute Gasteiger partial charge is 0.497 e. The normalized spacial score (nSPS) is 19.8. The molecule has 2 nitrogen and oxygen atoms in total. The fourth-order valence-electron chi connectivity index (χ4n) is 10.2. The quantitative estimate of drug-likeness (QED) is 0.120. The minimum atomic E-state index is -2.51. The van der Waals surface area contributed by atoms with E-state index in [-0.39, 0.29) is 11.5 Å². The number of anilines is 2. The van der Waals surface area contributed by atoms with E-state index in [1.807, 2.05) is 0 Å². The molecule has 0 aromatic heterocycles. The van der Waals surface area contributed by atoms with E-state index in [9.17, 15) is 0 Å². The van der Waals surface area contributed by atoms with Crippen LogP contribution in [0.25, 0.3) is 22.3 Å². The van der Waals surface area contributed by atoms with E-state index in [1.165, 1.54) is 65.9 Å². The molecule has 3 unspecified atom stereocenters. The first-order valence-electron chi connectivity index (χ1n) is 19.7. The molecule has 3 aliphatic carbocycles. The zero-order chi connectivity index (χ0) is 37.1. The van der Waals surface area contributed by atoms with Crippen molar-refractivity contribution in [3.8, 4) is 28.0 Å². The molecule has 1 aliphatic heterocycles. The summed E-state index contributed by atoms with van der Waals surface area (Å²) < 4.78 is 5.48. The Hall–Kier alpha value is -5.90. The van der Waals surface area contributed by atoms with Crippen molar-refractivity contribution in [3.63, 3.8) is 0 Å². The minimum Gasteiger partial charge on any atom is -0.497 e. The Morgan fingerprint density at radius 2 is 1.24 bits per heavy atom. The maximum absolute atomic E-state index is 5.48. The number of rotatable bonds is 7. The van der Waals surface area contributed by atoms with E-state index in [4.69, 9.17) is 4.74 Å². The fourth-order valence-corrected chi connectivity index (χ4v) is 15.5. The van der Waals surface area contributed by atoms with Crippen molar-refractivity contribution >= 4 is 35.0 Å². The van der Waals surface area contributed by atoms with Gasteiger partial charge in [0, 0.05) is 22.7 Å². The van der Waals surface area contributed by atoms with Crippen LogP contribution in [0.3, 0.4) is 0 Å². The molecule has 0 bridgehead atoms. The molecule has 0 radical (unpaired) electrons. The molecule has 0 saturated heterocycles. The molecular weight excluding hydrogens is 683 g/mol. The molecule has 0 saturated carbocycles. The lowest BCUT2D eigenvalue weighted by molar-refractivity contribution is 0.415. The molecule has 0 amide bonds. The van der Waals surface area contributed by atoms with Gasteiger partial charge in [-0.1, -0.05) is 160 Å². The van der Waals surface area contributed by atoms with Crippen LogP contribution in [0.4, 0.5) is 11.4 Å². The summed E-state index contributed by atoms with van der Waals surface area (Å²) in [6.45, 7) is 4.86. The summed E-state index contributed by atoms with van der Waals surface area (Å²) in [5.74, 6) is 1.17. The highest BCUT2D eigenvalue weighted by Gasteiger charge is 2.47. The van der Waals surface area contributed by atoms with Crippen molar-refractivity contribution in [2.24, 2.45) is 0 Å². The molecule has 55 heavy (non-hydrogen) atoms. The van der Waals surface area contributed by atoms with Crippen molar-refractivity contribution in [1.29, 1.82) is 0 Å². The van der Waals surface area contributed by atoms with Gasteiger partial charge in [-0.2, -0.15) is 0 Å². The predicted octanol–water partition coefficient (Wildman–Crippen LogP) is 10.8. The first-order valence-corrected chi connectivity index (χ1v) is 21.7. The van der Waals surface area contributed by atoms with Crippen molar-refractivity contribution < 1.29 is 4.74 Å². The van der Waals surface area contributed by atoms with Gasteiger partial charge in [0.25, 0.3) is 0 Å². The number of nitrogens with zero attached hydrogens (tertiary/aromatic N) is 1. The third kappa shape index (κ3) is 5.21. The Bertz CT molecular complexity index is 2500. The van der Waals surface area contributed by atoms with Gasteiger partial charge in [-0.25, -0.2) is 0 Å². The Labute approximate surface area is 326 Å². The third-order valence-electron chi connectivity index (χ3n) is 12.9. The van der Waals surface area contributed by atoms with Crippen LogP contribution in [-0.4, -0.2) is 21.2 Å². The van der Waals surface area contributed by atoms with Crippen LogP contribution in [0, 0.1) is 0 Å². The average molecular weight is 728 g/mol. The monoisotopic (exact) mass is 727 g/mol.